The van der Waals surface area contributed by atoms with Crippen LogP contribution in [0.25, 0.3) is 21.9 Å². The van der Waals surface area contributed by atoms with Crippen LogP contribution in [0.4, 0.5) is 0 Å². The Balaban J connectivity index is 2.61. The van der Waals surface area contributed by atoms with Gasteiger partial charge in [0.1, 0.15) is 5.58 Å². The van der Waals surface area contributed by atoms with Crippen LogP contribution in [0.3, 0.4) is 0 Å². The van der Waals surface area contributed by atoms with E-state index in [0.29, 0.717) is 0 Å². The number of benzene rings is 2. The molecule has 0 aliphatic rings. The van der Waals surface area contributed by atoms with Gasteiger partial charge in [0.25, 0.3) is 0 Å². The highest BCUT2D eigenvalue weighted by atomic mass is 16.3. The molecule has 0 spiro atoms. The molecule has 0 unspecified atom stereocenters. The summed E-state index contributed by atoms with van der Waals surface area (Å²) in [6, 6.07) is 13.8. The molecule has 0 saturated carbocycles. The largest absolute Gasteiger partial charge is 0.455 e. The fourth-order valence-electron chi connectivity index (χ4n) is 1.86. The molecular formula is C14H8O. The molecule has 0 aliphatic heterocycles. The van der Waals surface area contributed by atoms with Crippen molar-refractivity contribution in [2.75, 3.05) is 0 Å². The van der Waals surface area contributed by atoms with Crippen molar-refractivity contribution in [3.05, 3.63) is 48.0 Å². The lowest BCUT2D eigenvalue weighted by Gasteiger charge is -1.91. The molecule has 0 aliphatic carbocycles. The van der Waals surface area contributed by atoms with E-state index in [1.54, 1.807) is 0 Å². The highest BCUT2D eigenvalue weighted by molar-refractivity contribution is 6.06. The Labute approximate surface area is 87.3 Å². The number of hydrogen-bond acceptors (Lipinski definition) is 1. The van der Waals surface area contributed by atoms with Crippen LogP contribution in [0, 0.1) is 12.3 Å². The molecule has 1 nitrogen and oxygen atoms in total. The van der Waals surface area contributed by atoms with Crippen LogP contribution >= 0.6 is 0 Å². The lowest BCUT2D eigenvalue weighted by Crippen LogP contribution is -1.72. The van der Waals surface area contributed by atoms with Crippen molar-refractivity contribution in [2.24, 2.45) is 0 Å². The summed E-state index contributed by atoms with van der Waals surface area (Å²) in [4.78, 5) is 0. The van der Waals surface area contributed by atoms with E-state index in [4.69, 9.17) is 10.8 Å². The lowest BCUT2D eigenvalue weighted by atomic mass is 10.1. The fraction of sp³-hybridized carbons (Fsp3) is 0. The van der Waals surface area contributed by atoms with Gasteiger partial charge in [0, 0.05) is 10.8 Å². The molecule has 1 aromatic heterocycles. The van der Waals surface area contributed by atoms with Gasteiger partial charge < -0.3 is 4.42 Å². The normalized spacial score (nSPS) is 10.6. The number of rotatable bonds is 0. The fourth-order valence-corrected chi connectivity index (χ4v) is 1.86. The van der Waals surface area contributed by atoms with Crippen LogP contribution in [0.2, 0.25) is 0 Å². The first-order chi connectivity index (χ1) is 7.40. The molecule has 1 heteroatoms. The first kappa shape index (κ1) is 8.14. The van der Waals surface area contributed by atoms with Gasteiger partial charge in [-0.25, -0.2) is 0 Å². The molecule has 0 fully saturated rings. The smallest absolute Gasteiger partial charge is 0.151 e. The highest BCUT2D eigenvalue weighted by Gasteiger charge is 2.07. The first-order valence-electron chi connectivity index (χ1n) is 4.77. The van der Waals surface area contributed by atoms with Gasteiger partial charge in [-0.2, -0.15) is 0 Å². The average molecular weight is 192 g/mol. The number of fused-ring (bicyclic) bond motifs is 3. The van der Waals surface area contributed by atoms with Crippen molar-refractivity contribution >= 4 is 21.9 Å². The summed E-state index contributed by atoms with van der Waals surface area (Å²) in [5.41, 5.74) is 2.50. The molecular weight excluding hydrogens is 184 g/mol. The van der Waals surface area contributed by atoms with Crippen LogP contribution in [-0.4, -0.2) is 0 Å². The van der Waals surface area contributed by atoms with E-state index >= 15 is 0 Å². The van der Waals surface area contributed by atoms with Crippen molar-refractivity contribution < 1.29 is 4.42 Å². The van der Waals surface area contributed by atoms with Crippen molar-refractivity contribution in [3.8, 4) is 12.3 Å². The second kappa shape index (κ2) is 2.90. The summed E-state index contributed by atoms with van der Waals surface area (Å²) in [6.07, 6.45) is 5.43. The van der Waals surface area contributed by atoms with E-state index in [-0.39, 0.29) is 0 Å². The van der Waals surface area contributed by atoms with E-state index < -0.39 is 0 Å². The molecule has 15 heavy (non-hydrogen) atoms. The van der Waals surface area contributed by atoms with Crippen LogP contribution in [0.5, 0.6) is 0 Å². The summed E-state index contributed by atoms with van der Waals surface area (Å²) in [6.45, 7) is 0. The third kappa shape index (κ3) is 1.05. The summed E-state index contributed by atoms with van der Waals surface area (Å²) < 4.78 is 5.73. The topological polar surface area (TPSA) is 13.1 Å². The van der Waals surface area contributed by atoms with Crippen LogP contribution in [0.1, 0.15) is 5.56 Å². The molecule has 2 aromatic carbocycles. The minimum atomic E-state index is 0.807. The van der Waals surface area contributed by atoms with Gasteiger partial charge in [-0.3, -0.25) is 0 Å². The molecule has 0 N–H and O–H groups in total. The zero-order valence-corrected chi connectivity index (χ0v) is 8.03. The molecule has 3 rings (SSSR count). The molecule has 0 radical (unpaired) electrons. The number of furan rings is 1. The molecule has 0 saturated heterocycles. The molecule has 0 amide bonds. The predicted octanol–water partition coefficient (Wildman–Crippen LogP) is 3.57. The Morgan fingerprint density at radius 2 is 1.73 bits per heavy atom. The Morgan fingerprint density at radius 3 is 2.60 bits per heavy atom. The van der Waals surface area contributed by atoms with Crippen molar-refractivity contribution in [3.63, 3.8) is 0 Å². The number of para-hydroxylation sites is 2. The molecule has 0 atom stereocenters. The first-order valence-corrected chi connectivity index (χ1v) is 4.77. The van der Waals surface area contributed by atoms with E-state index in [0.717, 1.165) is 27.5 Å². The molecule has 3 aromatic rings. The zero-order valence-electron chi connectivity index (χ0n) is 8.03. The molecule has 1 heterocycles. The maximum absolute atomic E-state index is 5.73. The monoisotopic (exact) mass is 192 g/mol. The van der Waals surface area contributed by atoms with E-state index in [2.05, 4.69) is 5.92 Å². The molecule has 0 bridgehead atoms. The quantitative estimate of drug-likeness (QED) is 0.496. The summed E-state index contributed by atoms with van der Waals surface area (Å²) in [5.74, 6) is 2.64. The van der Waals surface area contributed by atoms with Crippen LogP contribution < -0.4 is 0 Å². The third-order valence-corrected chi connectivity index (χ3v) is 2.56. The Hall–Kier alpha value is -2.20. The summed E-state index contributed by atoms with van der Waals surface area (Å²) in [5, 5.41) is 2.20. The number of terminal acetylenes is 1. The SMILES string of the molecule is C#Cc1cccc2c1oc1ccccc12. The van der Waals surface area contributed by atoms with Gasteiger partial charge in [0.2, 0.25) is 0 Å². The van der Waals surface area contributed by atoms with E-state index in [1.165, 1.54) is 0 Å². The summed E-state index contributed by atoms with van der Waals surface area (Å²) in [7, 11) is 0. The van der Waals surface area contributed by atoms with Gasteiger partial charge in [-0.15, -0.1) is 6.42 Å². The van der Waals surface area contributed by atoms with Gasteiger partial charge in [-0.05, 0) is 12.1 Å². The number of hydrogen-bond donors (Lipinski definition) is 0. The minimum absolute atomic E-state index is 0.807. The van der Waals surface area contributed by atoms with Crippen LogP contribution in [0.15, 0.2) is 46.9 Å². The molecule has 70 valence electrons. The third-order valence-electron chi connectivity index (χ3n) is 2.56. The Kier molecular flexibility index (Phi) is 1.57. The second-order valence-electron chi connectivity index (χ2n) is 3.42. The van der Waals surface area contributed by atoms with E-state index in [1.807, 2.05) is 42.5 Å². The predicted molar refractivity (Wildman–Crippen MR) is 61.7 cm³/mol. The van der Waals surface area contributed by atoms with Gasteiger partial charge in [-0.1, -0.05) is 36.3 Å². The lowest BCUT2D eigenvalue weighted by molar-refractivity contribution is 0.668. The second-order valence-corrected chi connectivity index (χ2v) is 3.42. The average Bonchev–Trinajstić information content (AvgIpc) is 2.67. The maximum Gasteiger partial charge on any atom is 0.151 e. The Morgan fingerprint density at radius 1 is 0.933 bits per heavy atom. The van der Waals surface area contributed by atoms with Crippen molar-refractivity contribution in [1.29, 1.82) is 0 Å². The maximum atomic E-state index is 5.73. The standard InChI is InChI=1S/C14H8O/c1-2-10-6-5-8-12-11-7-3-4-9-13(11)15-14(10)12/h1,3-9H. The zero-order chi connectivity index (χ0) is 10.3. The highest BCUT2D eigenvalue weighted by Crippen LogP contribution is 2.30. The van der Waals surface area contributed by atoms with Gasteiger partial charge in [0.05, 0.1) is 5.56 Å². The van der Waals surface area contributed by atoms with Crippen LogP contribution in [-0.2, 0) is 0 Å². The Bertz CT molecular complexity index is 683. The van der Waals surface area contributed by atoms with Crippen molar-refractivity contribution in [1.82, 2.24) is 0 Å². The minimum Gasteiger partial charge on any atom is -0.455 e. The van der Waals surface area contributed by atoms with E-state index in [9.17, 15) is 0 Å². The van der Waals surface area contributed by atoms with Crippen molar-refractivity contribution in [2.45, 2.75) is 0 Å². The van der Waals surface area contributed by atoms with Gasteiger partial charge in [0.15, 0.2) is 5.58 Å². The van der Waals surface area contributed by atoms with Gasteiger partial charge >= 0.3 is 0 Å². The summed E-state index contributed by atoms with van der Waals surface area (Å²) >= 11 is 0.